The van der Waals surface area contributed by atoms with Crippen molar-refractivity contribution >= 4 is 17.9 Å². The largest absolute Gasteiger partial charge is 0.507 e. The Morgan fingerprint density at radius 1 is 0.354 bits per heavy atom. The van der Waals surface area contributed by atoms with Crippen LogP contribution in [0.5, 0.6) is 34.5 Å². The van der Waals surface area contributed by atoms with Crippen molar-refractivity contribution in [3.05, 3.63) is 211 Å². The van der Waals surface area contributed by atoms with Crippen LogP contribution in [0.2, 0.25) is 0 Å². The molecule has 6 aromatic carbocycles. The van der Waals surface area contributed by atoms with Crippen LogP contribution in [0.15, 0.2) is 111 Å². The number of rotatable bonds is 20. The van der Waals surface area contributed by atoms with E-state index in [-0.39, 0.29) is 55.2 Å². The van der Waals surface area contributed by atoms with Crippen molar-refractivity contribution in [3.63, 3.8) is 0 Å². The van der Waals surface area contributed by atoms with Gasteiger partial charge in [-0.1, -0.05) is 295 Å². The summed E-state index contributed by atoms with van der Waals surface area (Å²) in [6, 6.07) is 25.1. The van der Waals surface area contributed by atoms with E-state index in [1.807, 2.05) is 71.0 Å². The van der Waals surface area contributed by atoms with Crippen LogP contribution >= 0.6 is 0 Å². The lowest BCUT2D eigenvalue weighted by Gasteiger charge is -2.34. The normalized spacial score (nSPS) is 13.0. The zero-order valence-electron chi connectivity index (χ0n) is 66.8. The minimum Gasteiger partial charge on any atom is -0.507 e. The minimum absolute atomic E-state index is 0.0553. The number of carbonyl (C=O) groups is 3. The van der Waals surface area contributed by atoms with Crippen molar-refractivity contribution in [1.82, 2.24) is 0 Å². The first-order valence-electron chi connectivity index (χ1n) is 35.8. The van der Waals surface area contributed by atoms with Gasteiger partial charge in [-0.25, -0.2) is 14.4 Å². The molecule has 9 heteroatoms. The van der Waals surface area contributed by atoms with Gasteiger partial charge in [0.2, 0.25) is 0 Å². The molecule has 2 unspecified atom stereocenters. The van der Waals surface area contributed by atoms with Crippen LogP contribution in [-0.4, -0.2) is 33.2 Å². The highest BCUT2D eigenvalue weighted by molar-refractivity contribution is 5.85. The maximum Gasteiger partial charge on any atom is 0.335 e. The summed E-state index contributed by atoms with van der Waals surface area (Å²) in [5.74, 6) is 0.847. The summed E-state index contributed by atoms with van der Waals surface area (Å²) in [6.07, 6.45) is 7.80. The number of carbonyl (C=O) groups excluding carboxylic acids is 3. The van der Waals surface area contributed by atoms with Crippen LogP contribution in [0.3, 0.4) is 0 Å². The van der Waals surface area contributed by atoms with Crippen LogP contribution in [0.25, 0.3) is 0 Å². The van der Waals surface area contributed by atoms with Crippen molar-refractivity contribution in [2.75, 3.05) is 0 Å². The molecule has 0 aliphatic carbocycles. The maximum atomic E-state index is 12.7. The lowest BCUT2D eigenvalue weighted by Crippen LogP contribution is -2.24. The Labute approximate surface area is 599 Å². The van der Waals surface area contributed by atoms with Crippen molar-refractivity contribution < 1.29 is 43.9 Å². The number of phenols is 3. The molecule has 0 saturated carbocycles. The molecule has 6 rings (SSSR count). The molecule has 0 bridgehead atoms. The van der Waals surface area contributed by atoms with Gasteiger partial charge < -0.3 is 29.5 Å². The molecule has 0 fully saturated rings. The Bertz CT molecular complexity index is 3940. The fraction of sp³-hybridized carbons (Fsp3) is 0.500. The molecule has 99 heavy (non-hydrogen) atoms. The van der Waals surface area contributed by atoms with Gasteiger partial charge in [-0.2, -0.15) is 0 Å². The van der Waals surface area contributed by atoms with Crippen LogP contribution in [0, 0.1) is 27.7 Å². The Kier molecular flexibility index (Phi) is 27.0. The fourth-order valence-corrected chi connectivity index (χ4v) is 12.4. The predicted molar refractivity (Wildman–Crippen MR) is 416 cm³/mol. The lowest BCUT2D eigenvalue weighted by molar-refractivity contribution is -0.130. The monoisotopic (exact) mass is 1350 g/mol. The zero-order valence-corrected chi connectivity index (χ0v) is 66.8. The maximum absolute atomic E-state index is 12.7. The average molecular weight is 1350 g/mol. The van der Waals surface area contributed by atoms with Gasteiger partial charge in [0.1, 0.15) is 34.5 Å². The Morgan fingerprint density at radius 3 is 1.03 bits per heavy atom. The highest BCUT2D eigenvalue weighted by atomic mass is 16.5. The number of hydrogen-bond acceptors (Lipinski definition) is 9. The number of aryl methyl sites for hydroxylation is 4. The van der Waals surface area contributed by atoms with Crippen molar-refractivity contribution in [2.24, 2.45) is 0 Å². The molecule has 0 amide bonds. The smallest absolute Gasteiger partial charge is 0.335 e. The van der Waals surface area contributed by atoms with Crippen LogP contribution in [0.4, 0.5) is 0 Å². The van der Waals surface area contributed by atoms with Gasteiger partial charge in [0, 0.05) is 81.0 Å². The standard InChI is InChI=1S/C37H56O3.C27H36O3.C26H34O3/c1-15-31(38)40-33-28(21-26(35(9,10)17-3)23-30(33)37(13,14)19-5)24(6)27-20-25(34(7,8)16-2)22-29(32(27)39)36(11,12)18-4;1-11-23(28)30-25-20(13-17(3)15-22(25)27(8,9)10)18(4)19-12-16(2)14-21(24(19)29)26(5,6)7;1-10-22(27)29-24-19(12-17(3)14-21(24)26(7,8)9)15-18-11-16(2)13-20(23(18)28)25(4,5)6/h15,20-24,39H,1,16-19H2,2-14H3;11-15,18,29H,1H2,2-10H3;10-14,28H,1,15H2,2-9H3. The molecule has 0 saturated heterocycles. The third-order valence-corrected chi connectivity index (χ3v) is 20.6. The van der Waals surface area contributed by atoms with Crippen molar-refractivity contribution in [1.29, 1.82) is 0 Å². The van der Waals surface area contributed by atoms with Crippen LogP contribution < -0.4 is 14.2 Å². The third kappa shape index (κ3) is 20.3. The summed E-state index contributed by atoms with van der Waals surface area (Å²) in [6.45, 7) is 74.8. The molecule has 2 atom stereocenters. The van der Waals surface area contributed by atoms with Gasteiger partial charge in [0.25, 0.3) is 0 Å². The van der Waals surface area contributed by atoms with E-state index < -0.39 is 17.9 Å². The molecule has 0 radical (unpaired) electrons. The van der Waals surface area contributed by atoms with E-state index in [4.69, 9.17) is 14.2 Å². The van der Waals surface area contributed by atoms with E-state index >= 15 is 0 Å². The fourth-order valence-electron chi connectivity index (χ4n) is 12.4. The molecule has 0 aliphatic rings. The van der Waals surface area contributed by atoms with E-state index in [1.165, 1.54) is 29.4 Å². The van der Waals surface area contributed by atoms with E-state index in [1.54, 1.807) is 0 Å². The van der Waals surface area contributed by atoms with Gasteiger partial charge in [-0.3, -0.25) is 0 Å². The molecule has 3 N–H and O–H groups in total. The molecule has 0 heterocycles. The topological polar surface area (TPSA) is 140 Å². The van der Waals surface area contributed by atoms with Gasteiger partial charge in [0.15, 0.2) is 0 Å². The number of benzene rings is 6. The van der Waals surface area contributed by atoms with Crippen LogP contribution in [-0.2, 0) is 64.1 Å². The van der Waals surface area contributed by atoms with Gasteiger partial charge in [-0.15, -0.1) is 0 Å². The quantitative estimate of drug-likeness (QED) is 0.0387. The Morgan fingerprint density at radius 2 is 0.636 bits per heavy atom. The molecular formula is C90H126O9. The first-order valence-corrected chi connectivity index (χ1v) is 35.8. The Hall–Kier alpha value is -7.65. The zero-order chi connectivity index (χ0) is 76.0. The molecule has 0 aliphatic heterocycles. The average Bonchev–Trinajstić information content (AvgIpc) is 0.753. The minimum atomic E-state index is -0.485. The second-order valence-corrected chi connectivity index (χ2v) is 34.5. The molecular weight excluding hydrogens is 1220 g/mol. The van der Waals surface area contributed by atoms with Gasteiger partial charge in [0.05, 0.1) is 0 Å². The number of esters is 3. The first-order chi connectivity index (χ1) is 45.2. The summed E-state index contributed by atoms with van der Waals surface area (Å²) >= 11 is 0. The third-order valence-electron chi connectivity index (χ3n) is 20.6. The van der Waals surface area contributed by atoms with E-state index in [0.29, 0.717) is 40.9 Å². The second kappa shape index (κ2) is 31.9. The summed E-state index contributed by atoms with van der Waals surface area (Å²) in [7, 11) is 0. The Balaban J connectivity index is 0.000000321. The molecule has 9 nitrogen and oxygen atoms in total. The molecule has 0 spiro atoms. The first kappa shape index (κ1) is 83.8. The highest BCUT2D eigenvalue weighted by Gasteiger charge is 2.36. The number of hydrogen-bond donors (Lipinski definition) is 3. The second-order valence-electron chi connectivity index (χ2n) is 34.5. The van der Waals surface area contributed by atoms with E-state index in [9.17, 15) is 29.7 Å². The van der Waals surface area contributed by atoms with Crippen LogP contribution in [0.1, 0.15) is 318 Å². The van der Waals surface area contributed by atoms with Crippen molar-refractivity contribution in [3.8, 4) is 34.5 Å². The highest BCUT2D eigenvalue weighted by Crippen LogP contribution is 2.51. The predicted octanol–water partition coefficient (Wildman–Crippen LogP) is 23.5. The lowest BCUT2D eigenvalue weighted by atomic mass is 9.71. The summed E-state index contributed by atoms with van der Waals surface area (Å²) < 4.78 is 17.6. The number of ether oxygens (including phenoxy) is 3. The summed E-state index contributed by atoms with van der Waals surface area (Å²) in [5, 5.41) is 34.1. The summed E-state index contributed by atoms with van der Waals surface area (Å²) in [4.78, 5) is 37.0. The van der Waals surface area contributed by atoms with Gasteiger partial charge in [-0.05, 0) is 130 Å². The molecule has 540 valence electrons. The number of aromatic hydroxyl groups is 3. The van der Waals surface area contributed by atoms with Crippen molar-refractivity contribution in [2.45, 2.75) is 295 Å². The molecule has 0 aromatic heterocycles. The number of phenolic OH excluding ortho intramolecular Hbond substituents is 3. The SMILES string of the molecule is C=CC(=O)Oc1c(C(C)c2cc(C(C)(C)CC)cc(C(C)(C)CC)c2O)cc(C(C)(C)CC)cc1C(C)(C)CC.C=CC(=O)Oc1c(C(C)c2cc(C)cc(C(C)(C)C)c2O)cc(C)cc1C(C)(C)C.C=CC(=O)Oc1c(Cc2cc(C)cc(C(C)(C)C)c2O)cc(C)cc1C(C)(C)C. The van der Waals surface area contributed by atoms with E-state index in [0.717, 1.165) is 115 Å². The van der Waals surface area contributed by atoms with Gasteiger partial charge >= 0.3 is 17.9 Å². The molecule has 6 aromatic rings. The van der Waals surface area contributed by atoms with E-state index in [2.05, 4.69) is 229 Å². The summed E-state index contributed by atoms with van der Waals surface area (Å²) in [5.41, 5.74) is 16.4.